The van der Waals surface area contributed by atoms with E-state index in [9.17, 15) is 4.79 Å². The van der Waals surface area contributed by atoms with E-state index in [1.807, 2.05) is 26.0 Å². The molecular weight excluding hydrogens is 242 g/mol. The Bertz CT molecular complexity index is 639. The smallest absolute Gasteiger partial charge is 0.271 e. The summed E-state index contributed by atoms with van der Waals surface area (Å²) in [6.07, 6.45) is 0. The third-order valence-corrected chi connectivity index (χ3v) is 2.76. The summed E-state index contributed by atoms with van der Waals surface area (Å²) in [4.78, 5) is 15.7. The number of nitrogens with one attached hydrogen (secondary N) is 1. The Morgan fingerprint density at radius 1 is 1.21 bits per heavy atom. The van der Waals surface area contributed by atoms with Gasteiger partial charge in [-0.25, -0.2) is 4.98 Å². The number of carbonyl (C=O) groups excluding carboxylic acids is 1. The third-order valence-electron chi connectivity index (χ3n) is 2.76. The zero-order chi connectivity index (χ0) is 14.0. The Labute approximate surface area is 111 Å². The number of nitrogens with zero attached hydrogens (tertiary/aromatic N) is 3. The molecule has 1 amide bonds. The maximum atomic E-state index is 11.3. The average Bonchev–Trinajstić information content (AvgIpc) is 2.33. The molecule has 0 saturated carbocycles. The minimum absolute atomic E-state index is 0.102. The second-order valence-electron chi connectivity index (χ2n) is 4.34. The molecule has 0 unspecified atom stereocenters. The van der Waals surface area contributed by atoms with Crippen molar-refractivity contribution in [3.63, 3.8) is 0 Å². The van der Waals surface area contributed by atoms with E-state index in [1.54, 1.807) is 13.0 Å². The first kappa shape index (κ1) is 12.9. The first-order valence-corrected chi connectivity index (χ1v) is 5.83. The second kappa shape index (κ2) is 5.01. The summed E-state index contributed by atoms with van der Waals surface area (Å²) in [6, 6.07) is 5.50. The summed E-state index contributed by atoms with van der Waals surface area (Å²) in [5.74, 6) is 0.0110. The summed E-state index contributed by atoms with van der Waals surface area (Å²) < 4.78 is 0. The van der Waals surface area contributed by atoms with Gasteiger partial charge in [-0.1, -0.05) is 6.07 Å². The molecule has 6 nitrogen and oxygen atoms in total. The van der Waals surface area contributed by atoms with Gasteiger partial charge in [0.05, 0.1) is 11.4 Å². The van der Waals surface area contributed by atoms with Crippen molar-refractivity contribution < 1.29 is 4.79 Å². The monoisotopic (exact) mass is 257 g/mol. The minimum Gasteiger partial charge on any atom is -0.364 e. The van der Waals surface area contributed by atoms with Crippen LogP contribution in [0.15, 0.2) is 18.2 Å². The lowest BCUT2D eigenvalue weighted by molar-refractivity contribution is 0.0995. The lowest BCUT2D eigenvalue weighted by Gasteiger charge is -2.10. The van der Waals surface area contributed by atoms with Crippen LogP contribution in [0.4, 0.5) is 11.5 Å². The number of aryl methyl sites for hydroxylation is 3. The molecule has 0 atom stereocenters. The largest absolute Gasteiger partial charge is 0.364 e. The Morgan fingerprint density at radius 2 is 1.95 bits per heavy atom. The van der Waals surface area contributed by atoms with Crippen molar-refractivity contribution in [2.24, 2.45) is 5.73 Å². The van der Waals surface area contributed by atoms with Crippen LogP contribution >= 0.6 is 0 Å². The first-order chi connectivity index (χ1) is 8.97. The maximum absolute atomic E-state index is 11.3. The zero-order valence-corrected chi connectivity index (χ0v) is 11.1. The van der Waals surface area contributed by atoms with Crippen molar-refractivity contribution in [2.75, 3.05) is 5.32 Å². The van der Waals surface area contributed by atoms with Gasteiger partial charge >= 0.3 is 0 Å². The highest BCUT2D eigenvalue weighted by Crippen LogP contribution is 2.19. The highest BCUT2D eigenvalue weighted by molar-refractivity contribution is 5.96. The number of primary amides is 1. The Kier molecular flexibility index (Phi) is 3.41. The number of aromatic nitrogens is 3. The van der Waals surface area contributed by atoms with E-state index in [0.29, 0.717) is 17.2 Å². The number of anilines is 2. The lowest BCUT2D eigenvalue weighted by atomic mass is 10.2. The minimum atomic E-state index is -0.626. The number of amides is 1. The number of nitrogens with two attached hydrogens (primary N) is 1. The van der Waals surface area contributed by atoms with Crippen molar-refractivity contribution in [1.29, 1.82) is 0 Å². The molecule has 2 rings (SSSR count). The van der Waals surface area contributed by atoms with Crippen LogP contribution in [0.5, 0.6) is 0 Å². The fraction of sp³-hybridized carbons (Fsp3) is 0.231. The molecule has 0 radical (unpaired) electrons. The normalized spacial score (nSPS) is 10.3. The van der Waals surface area contributed by atoms with Crippen LogP contribution in [0.3, 0.4) is 0 Å². The van der Waals surface area contributed by atoms with E-state index in [1.165, 1.54) is 0 Å². The van der Waals surface area contributed by atoms with Gasteiger partial charge in [0.25, 0.3) is 5.91 Å². The molecule has 6 heteroatoms. The molecule has 2 aromatic heterocycles. The molecule has 0 aliphatic heterocycles. The summed E-state index contributed by atoms with van der Waals surface area (Å²) >= 11 is 0. The predicted octanol–water partition coefficient (Wildman–Crippen LogP) is 1.64. The summed E-state index contributed by atoms with van der Waals surface area (Å²) in [5, 5.41) is 10.7. The fourth-order valence-corrected chi connectivity index (χ4v) is 1.60. The molecule has 98 valence electrons. The van der Waals surface area contributed by atoms with E-state index in [4.69, 9.17) is 5.73 Å². The molecule has 0 aliphatic rings. The van der Waals surface area contributed by atoms with Gasteiger partial charge in [-0.3, -0.25) is 4.79 Å². The van der Waals surface area contributed by atoms with Crippen molar-refractivity contribution in [3.05, 3.63) is 40.8 Å². The SMILES string of the molecule is Cc1cc(Nc2ccc(C)c(C)n2)c(C(N)=O)nn1. The van der Waals surface area contributed by atoms with Crippen molar-refractivity contribution in [1.82, 2.24) is 15.2 Å². The van der Waals surface area contributed by atoms with E-state index < -0.39 is 5.91 Å². The van der Waals surface area contributed by atoms with Crippen LogP contribution in [0.1, 0.15) is 27.4 Å². The van der Waals surface area contributed by atoms with Gasteiger partial charge in [-0.2, -0.15) is 5.10 Å². The van der Waals surface area contributed by atoms with Crippen LogP contribution in [0, 0.1) is 20.8 Å². The highest BCUT2D eigenvalue weighted by Gasteiger charge is 2.12. The van der Waals surface area contributed by atoms with Gasteiger partial charge in [0.2, 0.25) is 0 Å². The quantitative estimate of drug-likeness (QED) is 0.871. The highest BCUT2D eigenvalue weighted by atomic mass is 16.1. The summed E-state index contributed by atoms with van der Waals surface area (Å²) in [5.41, 5.74) is 8.60. The van der Waals surface area contributed by atoms with E-state index in [0.717, 1.165) is 11.3 Å². The molecule has 2 aromatic rings. The van der Waals surface area contributed by atoms with Gasteiger partial charge in [0.15, 0.2) is 5.69 Å². The molecule has 0 spiro atoms. The van der Waals surface area contributed by atoms with Gasteiger partial charge in [0.1, 0.15) is 5.82 Å². The van der Waals surface area contributed by atoms with Crippen LogP contribution in [0.2, 0.25) is 0 Å². The van der Waals surface area contributed by atoms with Crippen molar-refractivity contribution in [3.8, 4) is 0 Å². The topological polar surface area (TPSA) is 93.8 Å². The first-order valence-electron chi connectivity index (χ1n) is 5.83. The van der Waals surface area contributed by atoms with E-state index >= 15 is 0 Å². The number of carbonyl (C=O) groups is 1. The Morgan fingerprint density at radius 3 is 2.58 bits per heavy atom. The van der Waals surface area contributed by atoms with Crippen LogP contribution < -0.4 is 11.1 Å². The average molecular weight is 257 g/mol. The van der Waals surface area contributed by atoms with Crippen molar-refractivity contribution in [2.45, 2.75) is 20.8 Å². The Hall–Kier alpha value is -2.50. The van der Waals surface area contributed by atoms with Crippen LogP contribution in [-0.2, 0) is 0 Å². The van der Waals surface area contributed by atoms with Gasteiger partial charge < -0.3 is 11.1 Å². The van der Waals surface area contributed by atoms with Crippen LogP contribution in [-0.4, -0.2) is 21.1 Å². The fourth-order valence-electron chi connectivity index (χ4n) is 1.60. The molecule has 0 aliphatic carbocycles. The molecule has 0 aromatic carbocycles. The van der Waals surface area contributed by atoms with Crippen molar-refractivity contribution >= 4 is 17.4 Å². The molecule has 0 bridgehead atoms. The summed E-state index contributed by atoms with van der Waals surface area (Å²) in [6.45, 7) is 5.70. The van der Waals surface area contributed by atoms with E-state index in [2.05, 4.69) is 20.5 Å². The molecule has 0 saturated heterocycles. The van der Waals surface area contributed by atoms with Gasteiger partial charge in [-0.05, 0) is 38.5 Å². The summed E-state index contributed by atoms with van der Waals surface area (Å²) in [7, 11) is 0. The second-order valence-corrected chi connectivity index (χ2v) is 4.34. The molecule has 0 fully saturated rings. The number of hydrogen-bond donors (Lipinski definition) is 2. The van der Waals surface area contributed by atoms with Crippen LogP contribution in [0.25, 0.3) is 0 Å². The zero-order valence-electron chi connectivity index (χ0n) is 11.1. The molecule has 3 N–H and O–H groups in total. The molecule has 2 heterocycles. The number of hydrogen-bond acceptors (Lipinski definition) is 5. The molecular formula is C13H15N5O. The van der Waals surface area contributed by atoms with Gasteiger partial charge in [0, 0.05) is 5.69 Å². The van der Waals surface area contributed by atoms with Gasteiger partial charge in [-0.15, -0.1) is 5.10 Å². The standard InChI is InChI=1S/C13H15N5O/c1-7-4-5-11(15-9(7)3)16-10-6-8(2)17-18-12(10)13(14)19/h4-6H,1-3H3,(H2,14,19)(H,15,16,17). The number of rotatable bonds is 3. The Balaban J connectivity index is 2.39. The predicted molar refractivity (Wildman–Crippen MR) is 72.3 cm³/mol. The number of pyridine rings is 1. The molecule has 19 heavy (non-hydrogen) atoms. The third kappa shape index (κ3) is 2.85. The van der Waals surface area contributed by atoms with E-state index in [-0.39, 0.29) is 5.69 Å². The lowest BCUT2D eigenvalue weighted by Crippen LogP contribution is -2.16. The maximum Gasteiger partial charge on any atom is 0.271 e.